The van der Waals surface area contributed by atoms with E-state index in [4.69, 9.17) is 10.3 Å². The number of nitrogen functional groups attached to an aromatic ring is 1. The third-order valence-electron chi connectivity index (χ3n) is 3.46. The summed E-state index contributed by atoms with van der Waals surface area (Å²) in [6, 6.07) is 3.88. The Morgan fingerprint density at radius 1 is 1.29 bits per heavy atom. The first-order valence-corrected chi connectivity index (χ1v) is 5.99. The van der Waals surface area contributed by atoms with Crippen molar-refractivity contribution in [1.29, 1.82) is 0 Å². The predicted molar refractivity (Wildman–Crippen MR) is 65.2 cm³/mol. The van der Waals surface area contributed by atoms with Crippen molar-refractivity contribution in [3.63, 3.8) is 0 Å². The number of hydrogen-bond acceptors (Lipinski definition) is 4. The van der Waals surface area contributed by atoms with E-state index in [0.717, 1.165) is 29.2 Å². The number of nitrogens with zero attached hydrogens (tertiary/aromatic N) is 2. The molecule has 4 heteroatoms. The maximum Gasteiger partial charge on any atom is 0.230 e. The van der Waals surface area contributed by atoms with E-state index in [1.54, 1.807) is 12.4 Å². The van der Waals surface area contributed by atoms with E-state index < -0.39 is 0 Å². The van der Waals surface area contributed by atoms with Gasteiger partial charge < -0.3 is 10.3 Å². The third-order valence-corrected chi connectivity index (χ3v) is 3.46. The zero-order valence-corrected chi connectivity index (χ0v) is 9.60. The van der Waals surface area contributed by atoms with Gasteiger partial charge in [0.25, 0.3) is 0 Å². The van der Waals surface area contributed by atoms with Crippen molar-refractivity contribution in [2.24, 2.45) is 5.92 Å². The molecule has 0 saturated heterocycles. The second-order valence-corrected chi connectivity index (χ2v) is 4.61. The summed E-state index contributed by atoms with van der Waals surface area (Å²) in [5, 5.41) is 4.09. The molecule has 0 unspecified atom stereocenters. The first-order valence-electron chi connectivity index (χ1n) is 5.99. The van der Waals surface area contributed by atoms with E-state index >= 15 is 0 Å². The van der Waals surface area contributed by atoms with Crippen LogP contribution in [0.3, 0.4) is 0 Å². The second kappa shape index (κ2) is 4.20. The van der Waals surface area contributed by atoms with Gasteiger partial charge in [-0.1, -0.05) is 24.4 Å². The molecule has 0 spiro atoms. The fraction of sp³-hybridized carbons (Fsp3) is 0.385. The minimum atomic E-state index is 0.408. The summed E-state index contributed by atoms with van der Waals surface area (Å²) in [4.78, 5) is 4.01. The highest BCUT2D eigenvalue weighted by Gasteiger charge is 2.23. The van der Waals surface area contributed by atoms with Crippen LogP contribution in [0, 0.1) is 5.92 Å². The van der Waals surface area contributed by atoms with Crippen LogP contribution in [0.4, 0.5) is 5.88 Å². The van der Waals surface area contributed by atoms with E-state index in [1.807, 2.05) is 12.1 Å². The van der Waals surface area contributed by atoms with Crippen molar-refractivity contribution in [2.75, 3.05) is 5.73 Å². The normalized spacial score (nSPS) is 15.8. The van der Waals surface area contributed by atoms with Crippen molar-refractivity contribution >= 4 is 5.88 Å². The third kappa shape index (κ3) is 1.90. The number of aromatic nitrogens is 2. The number of nitrogens with two attached hydrogens (primary N) is 1. The average molecular weight is 229 g/mol. The summed E-state index contributed by atoms with van der Waals surface area (Å²) >= 11 is 0. The summed E-state index contributed by atoms with van der Waals surface area (Å²) in [5.41, 5.74) is 8.82. The van der Waals surface area contributed by atoms with E-state index in [1.165, 1.54) is 19.3 Å². The molecule has 2 aromatic heterocycles. The molecule has 0 bridgehead atoms. The fourth-order valence-corrected chi connectivity index (χ4v) is 2.27. The van der Waals surface area contributed by atoms with Crippen LogP contribution in [0.1, 0.15) is 25.0 Å². The lowest BCUT2D eigenvalue weighted by molar-refractivity contribution is 0.306. The van der Waals surface area contributed by atoms with Crippen LogP contribution in [-0.2, 0) is 6.42 Å². The summed E-state index contributed by atoms with van der Waals surface area (Å²) in [6.45, 7) is 0. The Balaban J connectivity index is 1.94. The molecule has 1 saturated carbocycles. The van der Waals surface area contributed by atoms with E-state index in [9.17, 15) is 0 Å². The number of anilines is 1. The summed E-state index contributed by atoms with van der Waals surface area (Å²) in [6.07, 6.45) is 8.41. The highest BCUT2D eigenvalue weighted by Crippen LogP contribution is 2.35. The van der Waals surface area contributed by atoms with Gasteiger partial charge in [-0.05, 0) is 30.0 Å². The maximum absolute atomic E-state index is 5.86. The molecule has 2 aromatic rings. The van der Waals surface area contributed by atoms with Crippen LogP contribution in [0.25, 0.3) is 11.1 Å². The van der Waals surface area contributed by atoms with Crippen LogP contribution in [-0.4, -0.2) is 10.1 Å². The molecule has 2 heterocycles. The van der Waals surface area contributed by atoms with Gasteiger partial charge in [-0.2, -0.15) is 0 Å². The number of rotatable bonds is 3. The van der Waals surface area contributed by atoms with E-state index in [-0.39, 0.29) is 0 Å². The Hall–Kier alpha value is -1.84. The first kappa shape index (κ1) is 10.3. The van der Waals surface area contributed by atoms with Gasteiger partial charge in [0.2, 0.25) is 5.88 Å². The zero-order chi connectivity index (χ0) is 11.7. The Morgan fingerprint density at radius 2 is 2.06 bits per heavy atom. The highest BCUT2D eigenvalue weighted by molar-refractivity contribution is 5.74. The predicted octanol–water partition coefficient (Wildman–Crippen LogP) is 2.66. The summed E-state index contributed by atoms with van der Waals surface area (Å²) in [7, 11) is 0. The van der Waals surface area contributed by atoms with Gasteiger partial charge in [0.15, 0.2) is 0 Å². The van der Waals surface area contributed by atoms with E-state index in [0.29, 0.717) is 5.88 Å². The van der Waals surface area contributed by atoms with Crippen molar-refractivity contribution < 1.29 is 4.52 Å². The topological polar surface area (TPSA) is 64.9 Å². The molecule has 1 aliphatic carbocycles. The molecular weight excluding hydrogens is 214 g/mol. The molecular formula is C13H15N3O. The second-order valence-electron chi connectivity index (χ2n) is 4.61. The van der Waals surface area contributed by atoms with E-state index in [2.05, 4.69) is 10.1 Å². The summed E-state index contributed by atoms with van der Waals surface area (Å²) < 4.78 is 5.13. The molecule has 17 heavy (non-hydrogen) atoms. The Morgan fingerprint density at radius 3 is 2.71 bits per heavy atom. The van der Waals surface area contributed by atoms with Crippen LogP contribution in [0.15, 0.2) is 29.0 Å². The van der Waals surface area contributed by atoms with Gasteiger partial charge in [0.1, 0.15) is 0 Å². The van der Waals surface area contributed by atoms with Crippen LogP contribution >= 0.6 is 0 Å². The van der Waals surface area contributed by atoms with Gasteiger partial charge in [-0.25, -0.2) is 0 Å². The summed E-state index contributed by atoms with van der Waals surface area (Å²) in [5.74, 6) is 1.16. The SMILES string of the molecule is Nc1onc(CC2CCC2)c1-c1ccncc1. The molecule has 1 fully saturated rings. The monoisotopic (exact) mass is 229 g/mol. The average Bonchev–Trinajstić information content (AvgIpc) is 2.66. The smallest absolute Gasteiger partial charge is 0.230 e. The Bertz CT molecular complexity index is 503. The lowest BCUT2D eigenvalue weighted by Gasteiger charge is -2.24. The largest absolute Gasteiger partial charge is 0.367 e. The zero-order valence-electron chi connectivity index (χ0n) is 9.60. The molecule has 3 rings (SSSR count). The van der Waals surface area contributed by atoms with Crippen molar-refractivity contribution in [3.8, 4) is 11.1 Å². The Labute approximate surface area is 99.8 Å². The van der Waals surface area contributed by atoms with Crippen molar-refractivity contribution in [2.45, 2.75) is 25.7 Å². The maximum atomic E-state index is 5.86. The van der Waals surface area contributed by atoms with Crippen LogP contribution < -0.4 is 5.73 Å². The molecule has 0 aliphatic heterocycles. The molecule has 1 aliphatic rings. The minimum Gasteiger partial charge on any atom is -0.367 e. The lowest BCUT2D eigenvalue weighted by atomic mass is 9.81. The molecule has 2 N–H and O–H groups in total. The molecule has 0 atom stereocenters. The van der Waals surface area contributed by atoms with Gasteiger partial charge in [-0.15, -0.1) is 0 Å². The quantitative estimate of drug-likeness (QED) is 0.878. The van der Waals surface area contributed by atoms with Gasteiger partial charge in [0.05, 0.1) is 11.3 Å². The number of hydrogen-bond donors (Lipinski definition) is 1. The molecule has 0 radical (unpaired) electrons. The lowest BCUT2D eigenvalue weighted by Crippen LogP contribution is -2.14. The van der Waals surface area contributed by atoms with Gasteiger partial charge in [-0.3, -0.25) is 4.98 Å². The number of pyridine rings is 1. The highest BCUT2D eigenvalue weighted by atomic mass is 16.5. The Kier molecular flexibility index (Phi) is 2.55. The van der Waals surface area contributed by atoms with Gasteiger partial charge in [0, 0.05) is 12.4 Å². The van der Waals surface area contributed by atoms with Crippen molar-refractivity contribution in [3.05, 3.63) is 30.2 Å². The molecule has 88 valence electrons. The molecule has 0 aromatic carbocycles. The minimum absolute atomic E-state index is 0.408. The standard InChI is InChI=1S/C13H15N3O/c14-13-12(10-4-6-15-7-5-10)11(16-17-13)8-9-2-1-3-9/h4-7,9H,1-3,8,14H2. The van der Waals surface area contributed by atoms with Crippen LogP contribution in [0.5, 0.6) is 0 Å². The van der Waals surface area contributed by atoms with Gasteiger partial charge >= 0.3 is 0 Å². The molecule has 4 nitrogen and oxygen atoms in total. The first-order chi connectivity index (χ1) is 8.34. The fourth-order valence-electron chi connectivity index (χ4n) is 2.27. The molecule has 0 amide bonds. The van der Waals surface area contributed by atoms with Crippen LogP contribution in [0.2, 0.25) is 0 Å². The van der Waals surface area contributed by atoms with Crippen molar-refractivity contribution in [1.82, 2.24) is 10.1 Å².